The van der Waals surface area contributed by atoms with Gasteiger partial charge in [0.25, 0.3) is 0 Å². The molecule has 2 aromatic rings. The quantitative estimate of drug-likeness (QED) is 0.460. The van der Waals surface area contributed by atoms with E-state index in [-0.39, 0.29) is 5.75 Å². The van der Waals surface area contributed by atoms with Crippen molar-refractivity contribution in [2.75, 3.05) is 12.3 Å². The Morgan fingerprint density at radius 1 is 1.04 bits per heavy atom. The number of nitrogens with one attached hydrogen (secondary N) is 1. The van der Waals surface area contributed by atoms with Crippen LogP contribution >= 0.6 is 11.8 Å². The number of hydrogen-bond acceptors (Lipinski definition) is 5. The van der Waals surface area contributed by atoms with E-state index >= 15 is 0 Å². The van der Waals surface area contributed by atoms with Crippen LogP contribution in [0.1, 0.15) is 10.4 Å². The van der Waals surface area contributed by atoms with Crippen molar-refractivity contribution in [2.45, 2.75) is 11.3 Å². The zero-order chi connectivity index (χ0) is 17.4. The summed E-state index contributed by atoms with van der Waals surface area (Å²) in [7, 11) is 0. The summed E-state index contributed by atoms with van der Waals surface area (Å²) in [6.45, 7) is 0.393. The number of benzene rings is 2. The standard InChI is InChI=1S/C16H14F3NO3S/c17-16(18,19)22-13-6-8-14(9-7-13)24-11-10-20-23-15(21)12-4-2-1-3-5-12/h1-9,20H,10-11H2. The second-order valence-electron chi connectivity index (χ2n) is 4.52. The van der Waals surface area contributed by atoms with Crippen molar-refractivity contribution in [1.82, 2.24) is 5.48 Å². The first-order valence-corrected chi connectivity index (χ1v) is 7.90. The summed E-state index contributed by atoms with van der Waals surface area (Å²) in [5, 5.41) is 0. The summed E-state index contributed by atoms with van der Waals surface area (Å²) in [6, 6.07) is 14.1. The van der Waals surface area contributed by atoms with Crippen LogP contribution in [0.25, 0.3) is 0 Å². The third-order valence-electron chi connectivity index (χ3n) is 2.70. The first-order chi connectivity index (χ1) is 11.4. The Labute approximate surface area is 140 Å². The van der Waals surface area contributed by atoms with E-state index in [9.17, 15) is 18.0 Å². The van der Waals surface area contributed by atoms with E-state index in [1.54, 1.807) is 30.3 Å². The largest absolute Gasteiger partial charge is 0.573 e. The lowest BCUT2D eigenvalue weighted by Crippen LogP contribution is -2.22. The Morgan fingerprint density at radius 2 is 1.71 bits per heavy atom. The third kappa shape index (κ3) is 6.51. The molecule has 1 N–H and O–H groups in total. The molecule has 0 heterocycles. The smallest absolute Gasteiger partial charge is 0.406 e. The fourth-order valence-electron chi connectivity index (χ4n) is 1.70. The molecule has 0 aromatic heterocycles. The number of rotatable bonds is 7. The normalized spacial score (nSPS) is 11.1. The highest BCUT2D eigenvalue weighted by molar-refractivity contribution is 7.99. The van der Waals surface area contributed by atoms with Gasteiger partial charge >= 0.3 is 12.3 Å². The van der Waals surface area contributed by atoms with Gasteiger partial charge in [-0.3, -0.25) is 0 Å². The summed E-state index contributed by atoms with van der Waals surface area (Å²) in [4.78, 5) is 17.3. The summed E-state index contributed by atoms with van der Waals surface area (Å²) >= 11 is 1.40. The molecular formula is C16H14F3NO3S. The van der Waals surface area contributed by atoms with E-state index in [1.165, 1.54) is 36.0 Å². The van der Waals surface area contributed by atoms with Crippen LogP contribution in [0.5, 0.6) is 5.75 Å². The van der Waals surface area contributed by atoms with E-state index in [0.29, 0.717) is 17.9 Å². The molecule has 0 saturated carbocycles. The fourth-order valence-corrected chi connectivity index (χ4v) is 2.45. The van der Waals surface area contributed by atoms with Gasteiger partial charge in [-0.25, -0.2) is 4.79 Å². The molecule has 2 rings (SSSR count). The van der Waals surface area contributed by atoms with Gasteiger partial charge in [-0.2, -0.15) is 5.48 Å². The molecule has 2 aromatic carbocycles. The lowest BCUT2D eigenvalue weighted by Gasteiger charge is -2.09. The van der Waals surface area contributed by atoms with Crippen LogP contribution in [0, 0.1) is 0 Å². The SMILES string of the molecule is O=C(ONCCSc1ccc(OC(F)(F)F)cc1)c1ccccc1. The predicted molar refractivity (Wildman–Crippen MR) is 83.7 cm³/mol. The minimum atomic E-state index is -4.69. The highest BCUT2D eigenvalue weighted by Crippen LogP contribution is 2.25. The highest BCUT2D eigenvalue weighted by atomic mass is 32.2. The molecule has 4 nitrogen and oxygen atoms in total. The molecule has 0 aliphatic carbocycles. The number of alkyl halides is 3. The van der Waals surface area contributed by atoms with Crippen LogP contribution < -0.4 is 10.2 Å². The van der Waals surface area contributed by atoms with E-state index in [4.69, 9.17) is 4.84 Å². The van der Waals surface area contributed by atoms with Gasteiger partial charge in [0, 0.05) is 17.2 Å². The van der Waals surface area contributed by atoms with Gasteiger partial charge in [0.1, 0.15) is 5.75 Å². The molecule has 0 aliphatic rings. The van der Waals surface area contributed by atoms with Crippen LogP contribution in [0.2, 0.25) is 0 Å². The maximum atomic E-state index is 12.0. The Bertz CT molecular complexity index is 648. The van der Waals surface area contributed by atoms with Crippen molar-refractivity contribution < 1.29 is 27.5 Å². The Balaban J connectivity index is 1.66. The molecule has 0 saturated heterocycles. The minimum Gasteiger partial charge on any atom is -0.406 e. The first-order valence-electron chi connectivity index (χ1n) is 6.92. The van der Waals surface area contributed by atoms with Crippen LogP contribution in [0.15, 0.2) is 59.5 Å². The van der Waals surface area contributed by atoms with Crippen molar-refractivity contribution in [1.29, 1.82) is 0 Å². The van der Waals surface area contributed by atoms with E-state index in [2.05, 4.69) is 10.2 Å². The molecule has 24 heavy (non-hydrogen) atoms. The van der Waals surface area contributed by atoms with Gasteiger partial charge < -0.3 is 9.57 Å². The molecule has 8 heteroatoms. The first kappa shape index (κ1) is 18.2. The number of ether oxygens (including phenoxy) is 1. The van der Waals surface area contributed by atoms with Crippen molar-refractivity contribution >= 4 is 17.7 Å². The summed E-state index contributed by atoms with van der Waals surface area (Å²) in [5.41, 5.74) is 3.00. The van der Waals surface area contributed by atoms with Gasteiger partial charge in [0.2, 0.25) is 0 Å². The number of carbonyl (C=O) groups excluding carboxylic acids is 1. The fraction of sp³-hybridized carbons (Fsp3) is 0.188. The molecule has 128 valence electrons. The predicted octanol–water partition coefficient (Wildman–Crippen LogP) is 4.04. The van der Waals surface area contributed by atoms with Crippen molar-refractivity contribution in [3.63, 3.8) is 0 Å². The molecule has 0 bridgehead atoms. The van der Waals surface area contributed by atoms with E-state index < -0.39 is 12.3 Å². The Morgan fingerprint density at radius 3 is 2.33 bits per heavy atom. The molecular weight excluding hydrogens is 343 g/mol. The number of hydroxylamine groups is 1. The van der Waals surface area contributed by atoms with Crippen LogP contribution in [-0.2, 0) is 4.84 Å². The second kappa shape index (κ2) is 8.60. The lowest BCUT2D eigenvalue weighted by molar-refractivity contribution is -0.274. The summed E-state index contributed by atoms with van der Waals surface area (Å²) < 4.78 is 39.9. The van der Waals surface area contributed by atoms with Gasteiger partial charge in [-0.05, 0) is 36.4 Å². The Hall–Kier alpha value is -2.19. The molecule has 0 aliphatic heterocycles. The van der Waals surface area contributed by atoms with Gasteiger partial charge in [-0.15, -0.1) is 24.9 Å². The average molecular weight is 357 g/mol. The number of carbonyl (C=O) groups is 1. The summed E-state index contributed by atoms with van der Waals surface area (Å²) in [6.07, 6.45) is -4.69. The molecule has 0 spiro atoms. The third-order valence-corrected chi connectivity index (χ3v) is 3.72. The number of hydrogen-bond donors (Lipinski definition) is 1. The van der Waals surface area contributed by atoms with Crippen molar-refractivity contribution in [3.05, 3.63) is 60.2 Å². The molecule has 0 amide bonds. The maximum absolute atomic E-state index is 12.0. The average Bonchev–Trinajstić information content (AvgIpc) is 2.55. The monoisotopic (exact) mass is 357 g/mol. The molecule has 0 atom stereocenters. The minimum absolute atomic E-state index is 0.262. The molecule has 0 fully saturated rings. The highest BCUT2D eigenvalue weighted by Gasteiger charge is 2.30. The topological polar surface area (TPSA) is 47.6 Å². The van der Waals surface area contributed by atoms with Crippen LogP contribution in [0.4, 0.5) is 13.2 Å². The van der Waals surface area contributed by atoms with Crippen molar-refractivity contribution in [3.8, 4) is 5.75 Å². The van der Waals surface area contributed by atoms with Crippen LogP contribution in [-0.4, -0.2) is 24.6 Å². The van der Waals surface area contributed by atoms with E-state index in [0.717, 1.165) is 4.90 Å². The molecule has 0 unspecified atom stereocenters. The van der Waals surface area contributed by atoms with E-state index in [1.807, 2.05) is 0 Å². The summed E-state index contributed by atoms with van der Waals surface area (Å²) in [5.74, 6) is -0.169. The second-order valence-corrected chi connectivity index (χ2v) is 5.69. The van der Waals surface area contributed by atoms with Gasteiger partial charge in [-0.1, -0.05) is 18.2 Å². The van der Waals surface area contributed by atoms with Gasteiger partial charge in [0.15, 0.2) is 0 Å². The molecule has 0 radical (unpaired) electrons. The zero-order valence-corrected chi connectivity index (χ0v) is 13.2. The zero-order valence-electron chi connectivity index (χ0n) is 12.4. The Kier molecular flexibility index (Phi) is 6.51. The maximum Gasteiger partial charge on any atom is 0.573 e. The van der Waals surface area contributed by atoms with Crippen LogP contribution in [0.3, 0.4) is 0 Å². The van der Waals surface area contributed by atoms with Gasteiger partial charge in [0.05, 0.1) is 5.56 Å². The lowest BCUT2D eigenvalue weighted by atomic mass is 10.2. The number of halogens is 3. The van der Waals surface area contributed by atoms with Crippen molar-refractivity contribution in [2.24, 2.45) is 0 Å². The number of thioether (sulfide) groups is 1.